The predicted octanol–water partition coefficient (Wildman–Crippen LogP) is 1.61. The van der Waals surface area contributed by atoms with Gasteiger partial charge in [-0.1, -0.05) is 6.07 Å². The number of rotatable bonds is 5. The molecule has 3 rings (SSSR count). The Balaban J connectivity index is 1.53. The molecule has 0 aliphatic carbocycles. The molecule has 0 aromatic carbocycles. The summed E-state index contributed by atoms with van der Waals surface area (Å²) >= 11 is 1.12. The minimum atomic E-state index is -0.433. The standard InChI is InChI=1S/C18H22N4O3S/c1-21-7-9-22(10-8-21)16-6-3-13(11-19-16)12-20-17(23)14-4-5-15(26-14)18(24)25-2/h3-6,11H,7-10,12H2,1-2H3,(H,20,23). The molecule has 2 aromatic heterocycles. The molecule has 1 N–H and O–H groups in total. The third-order valence-corrected chi connectivity index (χ3v) is 5.37. The molecular formula is C18H22N4O3S. The van der Waals surface area contributed by atoms with Crippen molar-refractivity contribution in [3.8, 4) is 0 Å². The van der Waals surface area contributed by atoms with Gasteiger partial charge in [-0.15, -0.1) is 11.3 Å². The van der Waals surface area contributed by atoms with Gasteiger partial charge in [0.15, 0.2) is 0 Å². The van der Waals surface area contributed by atoms with Crippen LogP contribution in [0.1, 0.15) is 24.9 Å². The maximum Gasteiger partial charge on any atom is 0.348 e. The highest BCUT2D eigenvalue weighted by atomic mass is 32.1. The Morgan fingerprint density at radius 1 is 1.15 bits per heavy atom. The molecule has 26 heavy (non-hydrogen) atoms. The molecule has 0 atom stereocenters. The Labute approximate surface area is 156 Å². The summed E-state index contributed by atoms with van der Waals surface area (Å²) in [6.45, 7) is 4.41. The van der Waals surface area contributed by atoms with Crippen molar-refractivity contribution in [3.05, 3.63) is 45.8 Å². The molecule has 7 nitrogen and oxygen atoms in total. The van der Waals surface area contributed by atoms with Crippen LogP contribution in [0.2, 0.25) is 0 Å². The van der Waals surface area contributed by atoms with E-state index in [-0.39, 0.29) is 5.91 Å². The number of aromatic nitrogens is 1. The van der Waals surface area contributed by atoms with Crippen molar-refractivity contribution in [1.29, 1.82) is 0 Å². The molecule has 138 valence electrons. The normalized spacial score (nSPS) is 14.9. The van der Waals surface area contributed by atoms with Crippen LogP contribution in [0.25, 0.3) is 0 Å². The number of piperazine rings is 1. The third-order valence-electron chi connectivity index (χ3n) is 4.31. The number of esters is 1. The Morgan fingerprint density at radius 2 is 1.88 bits per heavy atom. The summed E-state index contributed by atoms with van der Waals surface area (Å²) in [6, 6.07) is 7.20. The van der Waals surface area contributed by atoms with E-state index in [0.29, 0.717) is 16.3 Å². The second-order valence-corrected chi connectivity index (χ2v) is 7.24. The van der Waals surface area contributed by atoms with Crippen molar-refractivity contribution >= 4 is 29.0 Å². The molecule has 1 aliphatic rings. The summed E-state index contributed by atoms with van der Waals surface area (Å²) in [5, 5.41) is 2.85. The number of hydrogen-bond donors (Lipinski definition) is 1. The van der Waals surface area contributed by atoms with Crippen molar-refractivity contribution in [1.82, 2.24) is 15.2 Å². The minimum Gasteiger partial charge on any atom is -0.465 e. The Hall–Kier alpha value is -2.45. The summed E-state index contributed by atoms with van der Waals surface area (Å²) in [5.41, 5.74) is 0.931. The number of carbonyl (C=O) groups is 2. The van der Waals surface area contributed by atoms with Crippen LogP contribution in [0.3, 0.4) is 0 Å². The van der Waals surface area contributed by atoms with Crippen LogP contribution in [0, 0.1) is 0 Å². The molecule has 0 bridgehead atoms. The van der Waals surface area contributed by atoms with Crippen LogP contribution >= 0.6 is 11.3 Å². The zero-order chi connectivity index (χ0) is 18.5. The molecule has 1 amide bonds. The molecule has 1 aliphatic heterocycles. The van der Waals surface area contributed by atoms with E-state index in [1.54, 1.807) is 18.3 Å². The van der Waals surface area contributed by atoms with Crippen molar-refractivity contribution < 1.29 is 14.3 Å². The van der Waals surface area contributed by atoms with Gasteiger partial charge in [0.2, 0.25) is 0 Å². The number of likely N-dealkylation sites (N-methyl/N-ethyl adjacent to an activating group) is 1. The van der Waals surface area contributed by atoms with Crippen molar-refractivity contribution in [3.63, 3.8) is 0 Å². The number of nitrogens with zero attached hydrogens (tertiary/aromatic N) is 3. The Kier molecular flexibility index (Phi) is 5.85. The topological polar surface area (TPSA) is 74.8 Å². The molecule has 1 saturated heterocycles. The first-order valence-electron chi connectivity index (χ1n) is 8.41. The van der Waals surface area contributed by atoms with Crippen LogP contribution < -0.4 is 10.2 Å². The third kappa shape index (κ3) is 4.39. The maximum atomic E-state index is 12.2. The zero-order valence-corrected chi connectivity index (χ0v) is 15.7. The molecular weight excluding hydrogens is 352 g/mol. The molecule has 0 unspecified atom stereocenters. The molecule has 0 spiro atoms. The summed E-state index contributed by atoms with van der Waals surface area (Å²) in [5.74, 6) is 0.320. The molecule has 1 fully saturated rings. The average molecular weight is 374 g/mol. The molecule has 0 saturated carbocycles. The first kappa shape index (κ1) is 18.3. The number of thiophene rings is 1. The van der Waals surface area contributed by atoms with E-state index in [0.717, 1.165) is 48.9 Å². The second-order valence-electron chi connectivity index (χ2n) is 6.15. The van der Waals surface area contributed by atoms with Gasteiger partial charge in [-0.25, -0.2) is 9.78 Å². The molecule has 3 heterocycles. The Bertz CT molecular complexity index is 767. The van der Waals surface area contributed by atoms with Gasteiger partial charge in [0.25, 0.3) is 5.91 Å². The van der Waals surface area contributed by atoms with Crippen LogP contribution in [-0.4, -0.2) is 62.1 Å². The van der Waals surface area contributed by atoms with Gasteiger partial charge in [-0.3, -0.25) is 4.79 Å². The van der Waals surface area contributed by atoms with E-state index >= 15 is 0 Å². The quantitative estimate of drug-likeness (QED) is 0.802. The summed E-state index contributed by atoms with van der Waals surface area (Å²) in [7, 11) is 3.44. The van der Waals surface area contributed by atoms with Gasteiger partial charge in [0.1, 0.15) is 10.7 Å². The van der Waals surface area contributed by atoms with E-state index in [4.69, 9.17) is 0 Å². The highest BCUT2D eigenvalue weighted by Crippen LogP contribution is 2.18. The fourth-order valence-corrected chi connectivity index (χ4v) is 3.52. The average Bonchev–Trinajstić information content (AvgIpc) is 3.17. The van der Waals surface area contributed by atoms with Gasteiger partial charge in [0.05, 0.1) is 12.0 Å². The van der Waals surface area contributed by atoms with E-state index in [9.17, 15) is 9.59 Å². The number of pyridine rings is 1. The monoisotopic (exact) mass is 374 g/mol. The number of carbonyl (C=O) groups excluding carboxylic acids is 2. The van der Waals surface area contributed by atoms with Gasteiger partial charge in [0, 0.05) is 38.9 Å². The lowest BCUT2D eigenvalue weighted by Gasteiger charge is -2.33. The van der Waals surface area contributed by atoms with Crippen molar-refractivity contribution in [2.45, 2.75) is 6.54 Å². The SMILES string of the molecule is COC(=O)c1ccc(C(=O)NCc2ccc(N3CCN(C)CC3)nc2)s1. The molecule has 0 radical (unpaired) electrons. The number of anilines is 1. The van der Waals surface area contributed by atoms with E-state index < -0.39 is 5.97 Å². The first-order chi connectivity index (χ1) is 12.6. The van der Waals surface area contributed by atoms with Crippen LogP contribution in [-0.2, 0) is 11.3 Å². The number of amides is 1. The first-order valence-corrected chi connectivity index (χ1v) is 9.23. The fraction of sp³-hybridized carbons (Fsp3) is 0.389. The van der Waals surface area contributed by atoms with Gasteiger partial charge in [-0.05, 0) is 30.8 Å². The van der Waals surface area contributed by atoms with Crippen LogP contribution in [0.5, 0.6) is 0 Å². The summed E-state index contributed by atoms with van der Waals surface area (Å²) < 4.78 is 4.65. The van der Waals surface area contributed by atoms with E-state index in [1.165, 1.54) is 7.11 Å². The van der Waals surface area contributed by atoms with Gasteiger partial charge < -0.3 is 19.9 Å². The van der Waals surface area contributed by atoms with Crippen LogP contribution in [0.15, 0.2) is 30.5 Å². The minimum absolute atomic E-state index is 0.215. The second kappa shape index (κ2) is 8.29. The summed E-state index contributed by atoms with van der Waals surface area (Å²) in [4.78, 5) is 33.6. The molecule has 2 aromatic rings. The van der Waals surface area contributed by atoms with Crippen molar-refractivity contribution in [2.75, 3.05) is 45.2 Å². The number of hydrogen-bond acceptors (Lipinski definition) is 7. The van der Waals surface area contributed by atoms with Gasteiger partial charge in [-0.2, -0.15) is 0 Å². The lowest BCUT2D eigenvalue weighted by molar-refractivity contribution is 0.0606. The maximum absolute atomic E-state index is 12.2. The highest BCUT2D eigenvalue weighted by Gasteiger charge is 2.16. The largest absolute Gasteiger partial charge is 0.465 e. The zero-order valence-electron chi connectivity index (χ0n) is 14.9. The van der Waals surface area contributed by atoms with Crippen LogP contribution in [0.4, 0.5) is 5.82 Å². The number of methoxy groups -OCH3 is 1. The number of nitrogens with one attached hydrogen (secondary N) is 1. The summed E-state index contributed by atoms with van der Waals surface area (Å²) in [6.07, 6.45) is 1.79. The predicted molar refractivity (Wildman–Crippen MR) is 101 cm³/mol. The lowest BCUT2D eigenvalue weighted by Crippen LogP contribution is -2.44. The van der Waals surface area contributed by atoms with E-state index in [2.05, 4.69) is 31.9 Å². The Morgan fingerprint density at radius 3 is 2.54 bits per heavy atom. The van der Waals surface area contributed by atoms with Crippen molar-refractivity contribution in [2.24, 2.45) is 0 Å². The molecule has 8 heteroatoms. The number of ether oxygens (including phenoxy) is 1. The fourth-order valence-electron chi connectivity index (χ4n) is 2.68. The highest BCUT2D eigenvalue weighted by molar-refractivity contribution is 7.15. The van der Waals surface area contributed by atoms with Gasteiger partial charge >= 0.3 is 5.97 Å². The lowest BCUT2D eigenvalue weighted by atomic mass is 10.2. The van der Waals surface area contributed by atoms with E-state index in [1.807, 2.05) is 12.1 Å². The smallest absolute Gasteiger partial charge is 0.348 e.